The lowest BCUT2D eigenvalue weighted by Gasteiger charge is -2.39. The van der Waals surface area contributed by atoms with Crippen molar-refractivity contribution >= 4 is 6.09 Å². The van der Waals surface area contributed by atoms with Crippen molar-refractivity contribution in [2.75, 3.05) is 13.2 Å². The number of nitrogens with zero attached hydrogens (tertiary/aromatic N) is 1. The molecule has 2 aliphatic rings. The van der Waals surface area contributed by atoms with Gasteiger partial charge in [0.15, 0.2) is 0 Å². The van der Waals surface area contributed by atoms with Crippen LogP contribution >= 0.6 is 0 Å². The summed E-state index contributed by atoms with van der Waals surface area (Å²) in [6, 6.07) is 10.2. The van der Waals surface area contributed by atoms with E-state index in [0.717, 1.165) is 18.4 Å². The molecule has 2 fully saturated rings. The van der Waals surface area contributed by atoms with E-state index in [4.69, 9.17) is 14.2 Å². The fourth-order valence-electron chi connectivity index (χ4n) is 3.42. The van der Waals surface area contributed by atoms with Crippen molar-refractivity contribution in [2.24, 2.45) is 0 Å². The van der Waals surface area contributed by atoms with Crippen LogP contribution in [0.25, 0.3) is 0 Å². The van der Waals surface area contributed by atoms with Crippen LogP contribution in [0.4, 0.5) is 4.79 Å². The zero-order chi connectivity index (χ0) is 17.2. The quantitative estimate of drug-likeness (QED) is 0.851. The van der Waals surface area contributed by atoms with Crippen LogP contribution in [-0.4, -0.2) is 48.0 Å². The van der Waals surface area contributed by atoms with Gasteiger partial charge >= 0.3 is 6.09 Å². The number of benzene rings is 1. The van der Waals surface area contributed by atoms with E-state index >= 15 is 0 Å². The Morgan fingerprint density at radius 2 is 2.00 bits per heavy atom. The second-order valence-electron chi connectivity index (χ2n) is 7.49. The van der Waals surface area contributed by atoms with E-state index in [1.54, 1.807) is 0 Å². The largest absolute Gasteiger partial charge is 0.444 e. The molecule has 0 unspecified atom stereocenters. The molecule has 3 atom stereocenters. The van der Waals surface area contributed by atoms with Gasteiger partial charge in [-0.05, 0) is 39.2 Å². The third-order valence-electron chi connectivity index (χ3n) is 4.47. The van der Waals surface area contributed by atoms with E-state index in [9.17, 15) is 4.79 Å². The highest BCUT2D eigenvalue weighted by Crippen LogP contribution is 2.33. The Balaban J connectivity index is 1.59. The number of carbonyl (C=O) groups is 1. The fraction of sp³-hybridized carbons (Fsp3) is 0.632. The first-order valence-electron chi connectivity index (χ1n) is 8.71. The van der Waals surface area contributed by atoms with Crippen molar-refractivity contribution in [1.82, 2.24) is 4.90 Å². The van der Waals surface area contributed by atoms with Gasteiger partial charge in [0.05, 0.1) is 25.4 Å². The highest BCUT2D eigenvalue weighted by molar-refractivity contribution is 5.69. The summed E-state index contributed by atoms with van der Waals surface area (Å²) < 4.78 is 17.6. The summed E-state index contributed by atoms with van der Waals surface area (Å²) in [6.07, 6.45) is 1.52. The standard InChI is InChI=1S/C19H27NO4/c1-19(2,3)24-18(21)20-11-12-22-17-15(20)9-10-16(17)23-13-14-7-5-4-6-8-14/h4-8,15-17H,9-13H2,1-3H3/t15-,16-,17-/m0/s1. The van der Waals surface area contributed by atoms with Crippen LogP contribution in [0.3, 0.4) is 0 Å². The van der Waals surface area contributed by atoms with Crippen LogP contribution in [-0.2, 0) is 20.8 Å². The molecular weight excluding hydrogens is 306 g/mol. The van der Waals surface area contributed by atoms with E-state index in [1.807, 2.05) is 43.9 Å². The first-order chi connectivity index (χ1) is 11.4. The third-order valence-corrected chi connectivity index (χ3v) is 4.47. The molecule has 1 aliphatic carbocycles. The van der Waals surface area contributed by atoms with Crippen LogP contribution in [0, 0.1) is 0 Å². The summed E-state index contributed by atoms with van der Waals surface area (Å²) in [4.78, 5) is 14.3. The normalized spacial score (nSPS) is 27.0. The Bertz CT molecular complexity index is 554. The van der Waals surface area contributed by atoms with Crippen molar-refractivity contribution in [3.63, 3.8) is 0 Å². The van der Waals surface area contributed by atoms with E-state index < -0.39 is 5.60 Å². The monoisotopic (exact) mass is 333 g/mol. The zero-order valence-electron chi connectivity index (χ0n) is 14.7. The second-order valence-corrected chi connectivity index (χ2v) is 7.49. The van der Waals surface area contributed by atoms with Crippen molar-refractivity contribution in [2.45, 2.75) is 64.1 Å². The Morgan fingerprint density at radius 3 is 2.71 bits per heavy atom. The molecule has 5 heteroatoms. The molecule has 1 saturated heterocycles. The fourth-order valence-corrected chi connectivity index (χ4v) is 3.42. The van der Waals surface area contributed by atoms with E-state index in [2.05, 4.69) is 12.1 Å². The van der Waals surface area contributed by atoms with Gasteiger partial charge in [-0.2, -0.15) is 0 Å². The number of fused-ring (bicyclic) bond motifs is 1. The molecule has 1 heterocycles. The first-order valence-corrected chi connectivity index (χ1v) is 8.71. The summed E-state index contributed by atoms with van der Waals surface area (Å²) >= 11 is 0. The molecule has 0 aromatic heterocycles. The minimum Gasteiger partial charge on any atom is -0.444 e. The maximum atomic E-state index is 12.4. The maximum absolute atomic E-state index is 12.4. The van der Waals surface area contributed by atoms with E-state index in [0.29, 0.717) is 19.8 Å². The average Bonchev–Trinajstić information content (AvgIpc) is 2.95. The van der Waals surface area contributed by atoms with Gasteiger partial charge in [0.1, 0.15) is 11.7 Å². The van der Waals surface area contributed by atoms with Crippen LogP contribution in [0.1, 0.15) is 39.2 Å². The van der Waals surface area contributed by atoms with Crippen molar-refractivity contribution in [3.8, 4) is 0 Å². The molecule has 5 nitrogen and oxygen atoms in total. The molecule has 0 bridgehead atoms. The lowest BCUT2D eigenvalue weighted by atomic mass is 10.1. The predicted molar refractivity (Wildman–Crippen MR) is 90.7 cm³/mol. The molecule has 1 saturated carbocycles. The van der Waals surface area contributed by atoms with Crippen molar-refractivity contribution in [3.05, 3.63) is 35.9 Å². The lowest BCUT2D eigenvalue weighted by molar-refractivity contribution is -0.115. The summed E-state index contributed by atoms with van der Waals surface area (Å²) in [7, 11) is 0. The number of carbonyl (C=O) groups excluding carboxylic acids is 1. The first kappa shape index (κ1) is 17.2. The Hall–Kier alpha value is -1.59. The van der Waals surface area contributed by atoms with Gasteiger partial charge in [-0.3, -0.25) is 0 Å². The van der Waals surface area contributed by atoms with Gasteiger partial charge in [-0.25, -0.2) is 4.79 Å². The number of hydrogen-bond acceptors (Lipinski definition) is 4. The minimum atomic E-state index is -0.479. The Morgan fingerprint density at radius 1 is 1.25 bits per heavy atom. The number of rotatable bonds is 3. The average molecular weight is 333 g/mol. The maximum Gasteiger partial charge on any atom is 0.410 e. The molecule has 132 valence electrons. The van der Waals surface area contributed by atoms with Gasteiger partial charge < -0.3 is 19.1 Å². The highest BCUT2D eigenvalue weighted by Gasteiger charge is 2.46. The second kappa shape index (κ2) is 7.11. The summed E-state index contributed by atoms with van der Waals surface area (Å²) in [5.74, 6) is 0. The zero-order valence-corrected chi connectivity index (χ0v) is 14.7. The van der Waals surface area contributed by atoms with Gasteiger partial charge in [-0.15, -0.1) is 0 Å². The molecule has 0 N–H and O–H groups in total. The van der Waals surface area contributed by atoms with Gasteiger partial charge in [0.2, 0.25) is 0 Å². The topological polar surface area (TPSA) is 48.0 Å². The van der Waals surface area contributed by atoms with Crippen LogP contribution < -0.4 is 0 Å². The molecule has 1 aromatic rings. The molecule has 0 spiro atoms. The summed E-state index contributed by atoms with van der Waals surface area (Å²) in [5, 5.41) is 0. The lowest BCUT2D eigenvalue weighted by Crippen LogP contribution is -2.54. The Labute approximate surface area is 143 Å². The third kappa shape index (κ3) is 4.08. The molecule has 24 heavy (non-hydrogen) atoms. The van der Waals surface area contributed by atoms with Crippen LogP contribution in [0.15, 0.2) is 30.3 Å². The molecule has 0 radical (unpaired) electrons. The molecular formula is C19H27NO4. The SMILES string of the molecule is CC(C)(C)OC(=O)N1CCO[C@@H]2[C@@H](OCc3ccccc3)CC[C@@H]21. The van der Waals surface area contributed by atoms with Gasteiger partial charge in [0.25, 0.3) is 0 Å². The summed E-state index contributed by atoms with van der Waals surface area (Å²) in [6.45, 7) is 7.37. The van der Waals surface area contributed by atoms with Crippen molar-refractivity contribution < 1.29 is 19.0 Å². The van der Waals surface area contributed by atoms with Crippen molar-refractivity contribution in [1.29, 1.82) is 0 Å². The number of ether oxygens (including phenoxy) is 3. The molecule has 1 aromatic carbocycles. The molecule has 1 aliphatic heterocycles. The smallest absolute Gasteiger partial charge is 0.410 e. The van der Waals surface area contributed by atoms with E-state index in [1.165, 1.54) is 0 Å². The highest BCUT2D eigenvalue weighted by atomic mass is 16.6. The van der Waals surface area contributed by atoms with Crippen LogP contribution in [0.2, 0.25) is 0 Å². The van der Waals surface area contributed by atoms with Crippen LogP contribution in [0.5, 0.6) is 0 Å². The van der Waals surface area contributed by atoms with Gasteiger partial charge in [0, 0.05) is 6.54 Å². The Kier molecular flexibility index (Phi) is 5.11. The predicted octanol–water partition coefficient (Wildman–Crippen LogP) is 3.37. The minimum absolute atomic E-state index is 0.0282. The molecule has 1 amide bonds. The number of hydrogen-bond donors (Lipinski definition) is 0. The summed E-state index contributed by atoms with van der Waals surface area (Å²) in [5.41, 5.74) is 0.674. The van der Waals surface area contributed by atoms with Gasteiger partial charge in [-0.1, -0.05) is 30.3 Å². The number of morpholine rings is 1. The molecule has 3 rings (SSSR count). The number of amides is 1. The van der Waals surface area contributed by atoms with E-state index in [-0.39, 0.29) is 24.3 Å².